The Balaban J connectivity index is 1.94. The van der Waals surface area contributed by atoms with E-state index >= 15 is 0 Å². The molecule has 0 aliphatic heterocycles. The lowest BCUT2D eigenvalue weighted by molar-refractivity contribution is 0.0595. The average Bonchev–Trinajstić information content (AvgIpc) is 3.04. The van der Waals surface area contributed by atoms with E-state index in [1.807, 2.05) is 56.3 Å². The monoisotopic (exact) mass is 339 g/mol. The van der Waals surface area contributed by atoms with Crippen molar-refractivity contribution in [2.75, 3.05) is 7.11 Å². The summed E-state index contributed by atoms with van der Waals surface area (Å²) in [5.74, 6) is 0.922. The molecule has 0 atom stereocenters. The predicted octanol–water partition coefficient (Wildman–Crippen LogP) is 4.32. The number of hydrogen-bond donors (Lipinski definition) is 1. The van der Waals surface area contributed by atoms with Crippen LogP contribution in [-0.4, -0.2) is 24.2 Å². The van der Waals surface area contributed by atoms with Gasteiger partial charge in [-0.05, 0) is 25.5 Å². The Kier molecular flexibility index (Phi) is 4.93. The Morgan fingerprint density at radius 2 is 1.88 bits per heavy atom. The summed E-state index contributed by atoms with van der Waals surface area (Å²) in [7, 11) is 1.35. The molecule has 0 aliphatic carbocycles. The topological polar surface area (TPSA) is 60.6 Å². The molecule has 130 valence electrons. The van der Waals surface area contributed by atoms with Crippen LogP contribution in [0.15, 0.2) is 48.5 Å². The van der Waals surface area contributed by atoms with E-state index in [-0.39, 0.29) is 6.10 Å². The van der Waals surface area contributed by atoms with Crippen molar-refractivity contribution >= 4 is 16.9 Å². The fraction of sp³-hybridized carbons (Fsp3) is 0.250. The first-order valence-corrected chi connectivity index (χ1v) is 8.15. The number of esters is 1. The van der Waals surface area contributed by atoms with Gasteiger partial charge in [0.05, 0.1) is 18.7 Å². The summed E-state index contributed by atoms with van der Waals surface area (Å²) in [5, 5.41) is 0.821. The highest BCUT2D eigenvalue weighted by Crippen LogP contribution is 2.33. The van der Waals surface area contributed by atoms with Gasteiger partial charge in [0.25, 0.3) is 0 Å². The van der Waals surface area contributed by atoms with Gasteiger partial charge in [0.1, 0.15) is 23.8 Å². The van der Waals surface area contributed by atoms with Gasteiger partial charge in [0.15, 0.2) is 0 Å². The van der Waals surface area contributed by atoms with E-state index in [9.17, 15) is 4.79 Å². The minimum absolute atomic E-state index is 0.00375. The normalized spacial score (nSPS) is 10.9. The first-order valence-electron chi connectivity index (χ1n) is 8.15. The number of carbonyl (C=O) groups excluding carboxylic acids is 1. The van der Waals surface area contributed by atoms with Gasteiger partial charge in [-0.3, -0.25) is 0 Å². The predicted molar refractivity (Wildman–Crippen MR) is 96.2 cm³/mol. The van der Waals surface area contributed by atoms with Gasteiger partial charge in [-0.15, -0.1) is 0 Å². The maximum Gasteiger partial charge on any atom is 0.354 e. The molecule has 5 heteroatoms. The molecule has 1 aromatic heterocycles. The van der Waals surface area contributed by atoms with Crippen molar-refractivity contribution in [2.45, 2.75) is 26.6 Å². The Morgan fingerprint density at radius 1 is 1.12 bits per heavy atom. The van der Waals surface area contributed by atoms with Crippen LogP contribution in [0.1, 0.15) is 29.9 Å². The number of benzene rings is 2. The standard InChI is InChI=1S/C20H21NO4/c1-13(2)25-19-10-15(24-12-14-7-5-4-6-8-14)9-17-16(19)11-18(21-17)20(22)23-3/h4-11,13,21H,12H2,1-3H3. The van der Waals surface area contributed by atoms with Crippen LogP contribution < -0.4 is 9.47 Å². The number of carbonyl (C=O) groups is 1. The molecule has 1 N–H and O–H groups in total. The van der Waals surface area contributed by atoms with Gasteiger partial charge in [0, 0.05) is 17.5 Å². The van der Waals surface area contributed by atoms with E-state index in [0.717, 1.165) is 16.5 Å². The second kappa shape index (κ2) is 7.30. The average molecular weight is 339 g/mol. The molecule has 5 nitrogen and oxygen atoms in total. The zero-order chi connectivity index (χ0) is 17.8. The maximum atomic E-state index is 11.8. The van der Waals surface area contributed by atoms with Crippen LogP contribution in [0, 0.1) is 0 Å². The maximum absolute atomic E-state index is 11.8. The van der Waals surface area contributed by atoms with E-state index in [0.29, 0.717) is 23.8 Å². The van der Waals surface area contributed by atoms with Gasteiger partial charge in [0.2, 0.25) is 0 Å². The first kappa shape index (κ1) is 16.9. The number of ether oxygens (including phenoxy) is 3. The van der Waals surface area contributed by atoms with Crippen LogP contribution in [0.4, 0.5) is 0 Å². The van der Waals surface area contributed by atoms with Crippen molar-refractivity contribution in [3.63, 3.8) is 0 Å². The molecule has 0 spiro atoms. The number of nitrogens with one attached hydrogen (secondary N) is 1. The van der Waals surface area contributed by atoms with Crippen molar-refractivity contribution in [3.05, 3.63) is 59.8 Å². The second-order valence-corrected chi connectivity index (χ2v) is 6.00. The van der Waals surface area contributed by atoms with Gasteiger partial charge in [-0.25, -0.2) is 4.79 Å². The number of fused-ring (bicyclic) bond motifs is 1. The lowest BCUT2D eigenvalue weighted by Crippen LogP contribution is -2.06. The van der Waals surface area contributed by atoms with Crippen molar-refractivity contribution in [3.8, 4) is 11.5 Å². The Labute approximate surface area is 146 Å². The van der Waals surface area contributed by atoms with E-state index in [4.69, 9.17) is 14.2 Å². The smallest absolute Gasteiger partial charge is 0.354 e. The van der Waals surface area contributed by atoms with Crippen LogP contribution >= 0.6 is 0 Å². The van der Waals surface area contributed by atoms with E-state index in [2.05, 4.69) is 4.98 Å². The number of aromatic nitrogens is 1. The summed E-state index contributed by atoms with van der Waals surface area (Å²) in [4.78, 5) is 14.9. The van der Waals surface area contributed by atoms with E-state index < -0.39 is 5.97 Å². The third-order valence-electron chi connectivity index (χ3n) is 3.69. The highest BCUT2D eigenvalue weighted by atomic mass is 16.5. The summed E-state index contributed by atoms with van der Waals surface area (Å²) >= 11 is 0. The van der Waals surface area contributed by atoms with Crippen LogP contribution in [0.3, 0.4) is 0 Å². The molecule has 0 bridgehead atoms. The number of methoxy groups -OCH3 is 1. The molecule has 1 heterocycles. The van der Waals surface area contributed by atoms with Gasteiger partial charge >= 0.3 is 5.97 Å². The zero-order valence-electron chi connectivity index (χ0n) is 14.5. The highest BCUT2D eigenvalue weighted by Gasteiger charge is 2.15. The molecule has 3 aromatic rings. The third-order valence-corrected chi connectivity index (χ3v) is 3.69. The van der Waals surface area contributed by atoms with Crippen LogP contribution in [0.25, 0.3) is 10.9 Å². The van der Waals surface area contributed by atoms with Crippen LogP contribution in [0.2, 0.25) is 0 Å². The summed E-state index contributed by atoms with van der Waals surface area (Å²) < 4.78 is 16.6. The quantitative estimate of drug-likeness (QED) is 0.679. The molecule has 0 aliphatic rings. The van der Waals surface area contributed by atoms with Crippen LogP contribution in [-0.2, 0) is 11.3 Å². The summed E-state index contributed by atoms with van der Waals surface area (Å²) in [6, 6.07) is 15.4. The lowest BCUT2D eigenvalue weighted by Gasteiger charge is -2.13. The minimum atomic E-state index is -0.418. The van der Waals surface area contributed by atoms with Crippen molar-refractivity contribution in [1.29, 1.82) is 0 Å². The largest absolute Gasteiger partial charge is 0.490 e. The molecule has 3 rings (SSSR count). The molecular weight excluding hydrogens is 318 g/mol. The minimum Gasteiger partial charge on any atom is -0.490 e. The Bertz CT molecular complexity index is 868. The zero-order valence-corrected chi connectivity index (χ0v) is 14.5. The second-order valence-electron chi connectivity index (χ2n) is 6.00. The molecule has 0 saturated heterocycles. The fourth-order valence-electron chi connectivity index (χ4n) is 2.57. The molecule has 25 heavy (non-hydrogen) atoms. The fourth-order valence-corrected chi connectivity index (χ4v) is 2.57. The molecule has 0 fully saturated rings. The summed E-state index contributed by atoms with van der Waals surface area (Å²) in [5.41, 5.74) is 2.23. The van der Waals surface area contributed by atoms with Crippen molar-refractivity contribution in [2.24, 2.45) is 0 Å². The Hall–Kier alpha value is -2.95. The highest BCUT2D eigenvalue weighted by molar-refractivity contribution is 5.97. The molecule has 0 saturated carbocycles. The molecule has 0 unspecified atom stereocenters. The Morgan fingerprint density at radius 3 is 2.56 bits per heavy atom. The molecular formula is C20H21NO4. The molecule has 0 amide bonds. The number of rotatable bonds is 6. The van der Waals surface area contributed by atoms with E-state index in [1.165, 1.54) is 7.11 Å². The van der Waals surface area contributed by atoms with Gasteiger partial charge in [-0.2, -0.15) is 0 Å². The number of hydrogen-bond acceptors (Lipinski definition) is 4. The number of H-pyrrole nitrogens is 1. The third kappa shape index (κ3) is 3.94. The van der Waals surface area contributed by atoms with Gasteiger partial charge in [-0.1, -0.05) is 30.3 Å². The van der Waals surface area contributed by atoms with Gasteiger partial charge < -0.3 is 19.2 Å². The number of aromatic amines is 1. The summed E-state index contributed by atoms with van der Waals surface area (Å²) in [6.45, 7) is 4.37. The first-order chi connectivity index (χ1) is 12.1. The molecule has 0 radical (unpaired) electrons. The van der Waals surface area contributed by atoms with Crippen molar-refractivity contribution < 1.29 is 19.0 Å². The SMILES string of the molecule is COC(=O)c1cc2c(OC(C)C)cc(OCc3ccccc3)cc2[nH]1. The van der Waals surface area contributed by atoms with Crippen LogP contribution in [0.5, 0.6) is 11.5 Å². The lowest BCUT2D eigenvalue weighted by atomic mass is 10.2. The molecule has 2 aromatic carbocycles. The van der Waals surface area contributed by atoms with Crippen molar-refractivity contribution in [1.82, 2.24) is 4.98 Å². The van der Waals surface area contributed by atoms with E-state index in [1.54, 1.807) is 6.07 Å². The summed E-state index contributed by atoms with van der Waals surface area (Å²) in [6.07, 6.45) is 0.00375.